The van der Waals surface area contributed by atoms with Crippen LogP contribution in [0.1, 0.15) is 55.4 Å². The molecule has 1 N–H and O–H groups in total. The zero-order valence-electron chi connectivity index (χ0n) is 17.2. The molecule has 0 unspecified atom stereocenters. The number of carbonyl (C=O) groups is 2. The standard InChI is InChI=1S/C23H30N2O2/c1-15(2)20-9-7-8-17(4)23(20)25(19(6)26)13-12-22(27)24-21-11-10-16(3)14-18(21)5/h7-11,14-15H,12-13H2,1-6H3,(H,24,27). The van der Waals surface area contributed by atoms with Crippen molar-refractivity contribution in [3.8, 4) is 0 Å². The molecule has 0 spiro atoms. The quantitative estimate of drug-likeness (QED) is 0.771. The minimum absolute atomic E-state index is 0.0504. The summed E-state index contributed by atoms with van der Waals surface area (Å²) in [6, 6.07) is 12.0. The molecule has 2 aromatic rings. The van der Waals surface area contributed by atoms with Crippen LogP contribution in [0.25, 0.3) is 0 Å². The topological polar surface area (TPSA) is 49.4 Å². The van der Waals surface area contributed by atoms with Gasteiger partial charge in [-0.25, -0.2) is 0 Å². The highest BCUT2D eigenvalue weighted by Gasteiger charge is 2.20. The van der Waals surface area contributed by atoms with Gasteiger partial charge in [-0.15, -0.1) is 0 Å². The third kappa shape index (κ3) is 5.19. The minimum atomic E-state index is -0.0899. The van der Waals surface area contributed by atoms with Gasteiger partial charge in [0.15, 0.2) is 0 Å². The van der Waals surface area contributed by atoms with Crippen molar-refractivity contribution in [3.63, 3.8) is 0 Å². The summed E-state index contributed by atoms with van der Waals surface area (Å²) in [4.78, 5) is 26.5. The first-order chi connectivity index (χ1) is 12.7. The van der Waals surface area contributed by atoms with Gasteiger partial charge in [0.25, 0.3) is 0 Å². The molecule has 2 amide bonds. The van der Waals surface area contributed by atoms with Gasteiger partial charge in [0.1, 0.15) is 0 Å². The van der Waals surface area contributed by atoms with E-state index in [4.69, 9.17) is 0 Å². The highest BCUT2D eigenvalue weighted by atomic mass is 16.2. The molecule has 4 heteroatoms. The Labute approximate surface area is 162 Å². The van der Waals surface area contributed by atoms with E-state index < -0.39 is 0 Å². The lowest BCUT2D eigenvalue weighted by molar-refractivity contribution is -0.117. The van der Waals surface area contributed by atoms with E-state index >= 15 is 0 Å². The Balaban J connectivity index is 2.16. The normalized spacial score (nSPS) is 10.8. The van der Waals surface area contributed by atoms with Crippen LogP contribution in [-0.4, -0.2) is 18.4 Å². The summed E-state index contributed by atoms with van der Waals surface area (Å²) in [6.45, 7) is 12.2. The molecule has 0 saturated heterocycles. The molecule has 2 rings (SSSR count). The van der Waals surface area contributed by atoms with E-state index in [1.54, 1.807) is 11.8 Å². The summed E-state index contributed by atoms with van der Waals surface area (Å²) in [6.07, 6.45) is 0.249. The van der Waals surface area contributed by atoms with E-state index in [0.717, 1.165) is 33.6 Å². The summed E-state index contributed by atoms with van der Waals surface area (Å²) in [7, 11) is 0. The zero-order chi connectivity index (χ0) is 20.1. The maximum absolute atomic E-state index is 12.5. The van der Waals surface area contributed by atoms with Crippen LogP contribution in [-0.2, 0) is 9.59 Å². The smallest absolute Gasteiger partial charge is 0.226 e. The van der Waals surface area contributed by atoms with Crippen LogP contribution in [0.3, 0.4) is 0 Å². The molecule has 0 saturated carbocycles. The number of nitrogens with zero attached hydrogens (tertiary/aromatic N) is 1. The Morgan fingerprint density at radius 3 is 2.33 bits per heavy atom. The molecule has 2 aromatic carbocycles. The third-order valence-electron chi connectivity index (χ3n) is 4.76. The molecular weight excluding hydrogens is 336 g/mol. The molecule has 0 radical (unpaired) electrons. The van der Waals surface area contributed by atoms with E-state index in [2.05, 4.69) is 25.2 Å². The predicted octanol–water partition coefficient (Wildman–Crippen LogP) is 5.12. The van der Waals surface area contributed by atoms with E-state index in [0.29, 0.717) is 12.5 Å². The van der Waals surface area contributed by atoms with Crippen LogP contribution in [0.15, 0.2) is 36.4 Å². The first-order valence-corrected chi connectivity index (χ1v) is 9.45. The fraction of sp³-hybridized carbons (Fsp3) is 0.391. The molecule has 0 aliphatic heterocycles. The number of hydrogen-bond donors (Lipinski definition) is 1. The van der Waals surface area contributed by atoms with Crippen LogP contribution in [0.5, 0.6) is 0 Å². The maximum atomic E-state index is 12.5. The first-order valence-electron chi connectivity index (χ1n) is 9.45. The number of carbonyl (C=O) groups excluding carboxylic acids is 2. The van der Waals surface area contributed by atoms with Crippen molar-refractivity contribution in [2.45, 2.75) is 53.9 Å². The molecule has 0 heterocycles. The summed E-state index contributed by atoms with van der Waals surface area (Å²) < 4.78 is 0. The van der Waals surface area contributed by atoms with E-state index in [1.807, 2.05) is 51.1 Å². The molecule has 0 aliphatic rings. The first kappa shape index (κ1) is 20.7. The number of benzene rings is 2. The van der Waals surface area contributed by atoms with Crippen molar-refractivity contribution in [3.05, 3.63) is 58.7 Å². The fourth-order valence-electron chi connectivity index (χ4n) is 3.32. The molecule has 0 atom stereocenters. The lowest BCUT2D eigenvalue weighted by atomic mass is 9.97. The molecule has 27 heavy (non-hydrogen) atoms. The third-order valence-corrected chi connectivity index (χ3v) is 4.76. The number of nitrogens with one attached hydrogen (secondary N) is 1. The zero-order valence-corrected chi connectivity index (χ0v) is 17.2. The Bertz CT molecular complexity index is 840. The number of aryl methyl sites for hydroxylation is 3. The summed E-state index contributed by atoms with van der Waals surface area (Å²) in [5, 5.41) is 2.96. The van der Waals surface area contributed by atoms with Gasteiger partial charge in [-0.1, -0.05) is 49.7 Å². The molecule has 4 nitrogen and oxygen atoms in total. The number of anilines is 2. The van der Waals surface area contributed by atoms with Gasteiger partial charge in [-0.3, -0.25) is 9.59 Å². The number of para-hydroxylation sites is 1. The molecule has 0 fully saturated rings. The second kappa shape index (κ2) is 8.85. The Morgan fingerprint density at radius 1 is 1.04 bits per heavy atom. The summed E-state index contributed by atoms with van der Waals surface area (Å²) in [5.74, 6) is 0.157. The lowest BCUT2D eigenvalue weighted by Crippen LogP contribution is -2.33. The Hall–Kier alpha value is -2.62. The molecule has 0 aliphatic carbocycles. The Kier molecular flexibility index (Phi) is 6.78. The number of rotatable bonds is 6. The van der Waals surface area contributed by atoms with Gasteiger partial charge >= 0.3 is 0 Å². The van der Waals surface area contributed by atoms with Crippen LogP contribution < -0.4 is 10.2 Å². The summed E-state index contributed by atoms with van der Waals surface area (Å²) in [5.41, 5.74) is 6.12. The highest BCUT2D eigenvalue weighted by molar-refractivity contribution is 5.96. The van der Waals surface area contributed by atoms with Crippen molar-refractivity contribution in [1.29, 1.82) is 0 Å². The van der Waals surface area contributed by atoms with Crippen LogP contribution in [0.2, 0.25) is 0 Å². The fourth-order valence-corrected chi connectivity index (χ4v) is 3.32. The number of amides is 2. The lowest BCUT2D eigenvalue weighted by Gasteiger charge is -2.27. The second-order valence-corrected chi connectivity index (χ2v) is 7.45. The van der Waals surface area contributed by atoms with E-state index in [9.17, 15) is 9.59 Å². The highest BCUT2D eigenvalue weighted by Crippen LogP contribution is 2.31. The maximum Gasteiger partial charge on any atom is 0.226 e. The largest absolute Gasteiger partial charge is 0.326 e. The SMILES string of the molecule is CC(=O)N(CCC(=O)Nc1ccc(C)cc1C)c1c(C)cccc1C(C)C. The van der Waals surface area contributed by atoms with E-state index in [-0.39, 0.29) is 18.2 Å². The van der Waals surface area contributed by atoms with Crippen LogP contribution in [0, 0.1) is 20.8 Å². The number of hydrogen-bond acceptors (Lipinski definition) is 2. The Morgan fingerprint density at radius 2 is 1.74 bits per heavy atom. The van der Waals surface area contributed by atoms with Crippen molar-refractivity contribution in [1.82, 2.24) is 0 Å². The average molecular weight is 367 g/mol. The molecule has 144 valence electrons. The van der Waals surface area contributed by atoms with Gasteiger partial charge < -0.3 is 10.2 Å². The van der Waals surface area contributed by atoms with Gasteiger partial charge in [-0.05, 0) is 49.4 Å². The van der Waals surface area contributed by atoms with Gasteiger partial charge in [0.2, 0.25) is 11.8 Å². The predicted molar refractivity (Wildman–Crippen MR) is 112 cm³/mol. The van der Waals surface area contributed by atoms with Gasteiger partial charge in [0.05, 0.1) is 0 Å². The van der Waals surface area contributed by atoms with Crippen LogP contribution >= 0.6 is 0 Å². The molecule has 0 aromatic heterocycles. The molecule has 0 bridgehead atoms. The average Bonchev–Trinajstić information content (AvgIpc) is 2.58. The van der Waals surface area contributed by atoms with Gasteiger partial charge in [0, 0.05) is 31.3 Å². The van der Waals surface area contributed by atoms with E-state index in [1.165, 1.54) is 0 Å². The monoisotopic (exact) mass is 366 g/mol. The van der Waals surface area contributed by atoms with Gasteiger partial charge in [-0.2, -0.15) is 0 Å². The molecular formula is C23H30N2O2. The summed E-state index contributed by atoms with van der Waals surface area (Å²) >= 11 is 0. The minimum Gasteiger partial charge on any atom is -0.326 e. The van der Waals surface area contributed by atoms with Crippen molar-refractivity contribution < 1.29 is 9.59 Å². The van der Waals surface area contributed by atoms with Crippen molar-refractivity contribution in [2.24, 2.45) is 0 Å². The van der Waals surface area contributed by atoms with Crippen molar-refractivity contribution in [2.75, 3.05) is 16.8 Å². The van der Waals surface area contributed by atoms with Crippen molar-refractivity contribution >= 4 is 23.2 Å². The van der Waals surface area contributed by atoms with Crippen LogP contribution in [0.4, 0.5) is 11.4 Å². The second-order valence-electron chi connectivity index (χ2n) is 7.45.